The zero-order valence-electron chi connectivity index (χ0n) is 18.2. The van der Waals surface area contributed by atoms with E-state index in [4.69, 9.17) is 0 Å². The topological polar surface area (TPSA) is 70.2 Å². The summed E-state index contributed by atoms with van der Waals surface area (Å²) in [5.41, 5.74) is 3.89. The Labute approximate surface area is 197 Å². The first-order valence-electron chi connectivity index (χ1n) is 10.6. The summed E-state index contributed by atoms with van der Waals surface area (Å²) in [6, 6.07) is 29.7. The van der Waals surface area contributed by atoms with Gasteiger partial charge in [-0.05, 0) is 72.3 Å². The van der Waals surface area contributed by atoms with E-state index in [2.05, 4.69) is 16.0 Å². The van der Waals surface area contributed by atoms with Crippen LogP contribution in [0.25, 0.3) is 6.08 Å². The summed E-state index contributed by atoms with van der Waals surface area (Å²) in [6.07, 6.45) is 2.91. The Morgan fingerprint density at radius 1 is 0.647 bits per heavy atom. The molecule has 0 aromatic heterocycles. The number of para-hydroxylation sites is 2. The van der Waals surface area contributed by atoms with Crippen LogP contribution in [0.4, 0.5) is 27.1 Å². The van der Waals surface area contributed by atoms with E-state index in [9.17, 15) is 14.0 Å². The highest BCUT2D eigenvalue weighted by Gasteiger charge is 2.12. The van der Waals surface area contributed by atoms with E-state index in [1.54, 1.807) is 54.6 Å². The van der Waals surface area contributed by atoms with E-state index >= 15 is 0 Å². The van der Waals surface area contributed by atoms with Crippen molar-refractivity contribution in [2.24, 2.45) is 0 Å². The molecule has 0 saturated heterocycles. The van der Waals surface area contributed by atoms with E-state index in [0.29, 0.717) is 22.5 Å². The quantitative estimate of drug-likeness (QED) is 0.282. The lowest BCUT2D eigenvalue weighted by atomic mass is 10.1. The number of benzene rings is 4. The molecule has 0 bridgehead atoms. The van der Waals surface area contributed by atoms with Gasteiger partial charge < -0.3 is 16.0 Å². The molecule has 0 saturated carbocycles. The number of hydrogen-bond donors (Lipinski definition) is 3. The molecule has 0 fully saturated rings. The lowest BCUT2D eigenvalue weighted by molar-refractivity contribution is -0.111. The molecule has 0 aliphatic heterocycles. The van der Waals surface area contributed by atoms with E-state index < -0.39 is 5.91 Å². The number of hydrogen-bond acceptors (Lipinski definition) is 3. The predicted octanol–water partition coefficient (Wildman–Crippen LogP) is 6.47. The fraction of sp³-hybridized carbons (Fsp3) is 0. The van der Waals surface area contributed by atoms with Gasteiger partial charge in [0, 0.05) is 23.1 Å². The van der Waals surface area contributed by atoms with Crippen molar-refractivity contribution in [2.75, 3.05) is 16.0 Å². The highest BCUT2D eigenvalue weighted by molar-refractivity contribution is 6.11. The van der Waals surface area contributed by atoms with Crippen LogP contribution in [-0.2, 0) is 4.79 Å². The third-order valence-electron chi connectivity index (χ3n) is 4.93. The Bertz CT molecular complexity index is 1300. The van der Waals surface area contributed by atoms with E-state index in [0.717, 1.165) is 11.4 Å². The van der Waals surface area contributed by atoms with Crippen LogP contribution in [-0.4, -0.2) is 11.8 Å². The second-order valence-electron chi connectivity index (χ2n) is 7.44. The van der Waals surface area contributed by atoms with Crippen molar-refractivity contribution < 1.29 is 14.0 Å². The largest absolute Gasteiger partial charge is 0.356 e. The molecule has 4 rings (SSSR count). The second-order valence-corrected chi connectivity index (χ2v) is 7.44. The average molecular weight is 452 g/mol. The minimum atomic E-state index is -0.402. The Morgan fingerprint density at radius 2 is 1.26 bits per heavy atom. The maximum Gasteiger partial charge on any atom is 0.257 e. The van der Waals surface area contributed by atoms with Crippen LogP contribution < -0.4 is 16.0 Å². The van der Waals surface area contributed by atoms with Gasteiger partial charge in [-0.3, -0.25) is 9.59 Å². The molecule has 2 amide bonds. The minimum Gasteiger partial charge on any atom is -0.356 e. The van der Waals surface area contributed by atoms with Crippen LogP contribution in [0.1, 0.15) is 15.9 Å². The van der Waals surface area contributed by atoms with Gasteiger partial charge in [0.1, 0.15) is 5.82 Å². The number of nitrogens with one attached hydrogen (secondary N) is 3. The van der Waals surface area contributed by atoms with Crippen LogP contribution in [0.15, 0.2) is 109 Å². The number of anilines is 4. The van der Waals surface area contributed by atoms with Crippen molar-refractivity contribution in [1.29, 1.82) is 0 Å². The highest BCUT2D eigenvalue weighted by atomic mass is 19.1. The molecule has 6 heteroatoms. The molecule has 168 valence electrons. The monoisotopic (exact) mass is 451 g/mol. The number of halogens is 1. The smallest absolute Gasteiger partial charge is 0.257 e. The van der Waals surface area contributed by atoms with Gasteiger partial charge in [-0.15, -0.1) is 0 Å². The Hall–Kier alpha value is -4.71. The minimum absolute atomic E-state index is 0.331. The lowest BCUT2D eigenvalue weighted by Gasteiger charge is -2.11. The molecule has 0 heterocycles. The fourth-order valence-electron chi connectivity index (χ4n) is 3.23. The first-order valence-corrected chi connectivity index (χ1v) is 10.6. The van der Waals surface area contributed by atoms with Gasteiger partial charge in [0.2, 0.25) is 5.91 Å². The standard InChI is InChI=1S/C28H22FN3O2/c29-21-13-10-20(11-14-21)12-19-27(33)32-26-9-5-4-8-25(26)28(34)31-24-17-15-23(16-18-24)30-22-6-2-1-3-7-22/h1-19,30H,(H,31,34)(H,32,33)/b19-12+. The molecule has 5 nitrogen and oxygen atoms in total. The van der Waals surface area contributed by atoms with Crippen molar-refractivity contribution in [3.05, 3.63) is 126 Å². The molecule has 0 atom stereocenters. The summed E-state index contributed by atoms with van der Waals surface area (Å²) < 4.78 is 13.0. The van der Waals surface area contributed by atoms with Gasteiger partial charge in [0.15, 0.2) is 0 Å². The summed E-state index contributed by atoms with van der Waals surface area (Å²) in [5, 5.41) is 8.87. The third kappa shape index (κ3) is 6.17. The summed E-state index contributed by atoms with van der Waals surface area (Å²) in [6.45, 7) is 0. The molecule has 34 heavy (non-hydrogen) atoms. The van der Waals surface area contributed by atoms with Gasteiger partial charge in [-0.2, -0.15) is 0 Å². The first-order chi connectivity index (χ1) is 16.6. The Kier molecular flexibility index (Phi) is 7.10. The van der Waals surface area contributed by atoms with Crippen LogP contribution in [0.5, 0.6) is 0 Å². The van der Waals surface area contributed by atoms with Crippen molar-refractivity contribution >= 4 is 40.6 Å². The molecule has 3 N–H and O–H groups in total. The van der Waals surface area contributed by atoms with Crippen molar-refractivity contribution in [1.82, 2.24) is 0 Å². The predicted molar refractivity (Wildman–Crippen MR) is 135 cm³/mol. The van der Waals surface area contributed by atoms with Gasteiger partial charge in [0.05, 0.1) is 11.3 Å². The zero-order valence-corrected chi connectivity index (χ0v) is 18.2. The first kappa shape index (κ1) is 22.5. The van der Waals surface area contributed by atoms with E-state index in [1.165, 1.54) is 18.2 Å². The SMILES string of the molecule is O=C(/C=C/c1ccc(F)cc1)Nc1ccccc1C(=O)Nc1ccc(Nc2ccccc2)cc1. The molecule has 0 radical (unpaired) electrons. The van der Waals surface area contributed by atoms with Crippen LogP contribution in [0, 0.1) is 5.82 Å². The molecular weight excluding hydrogens is 429 g/mol. The van der Waals surface area contributed by atoms with Gasteiger partial charge in [-0.25, -0.2) is 4.39 Å². The zero-order chi connectivity index (χ0) is 23.8. The summed E-state index contributed by atoms with van der Waals surface area (Å²) in [4.78, 5) is 25.2. The molecule has 4 aromatic rings. The number of amides is 2. The number of carbonyl (C=O) groups is 2. The molecular formula is C28H22FN3O2. The third-order valence-corrected chi connectivity index (χ3v) is 4.93. The van der Waals surface area contributed by atoms with Crippen LogP contribution in [0.2, 0.25) is 0 Å². The van der Waals surface area contributed by atoms with Gasteiger partial charge in [-0.1, -0.05) is 42.5 Å². The second kappa shape index (κ2) is 10.7. The summed E-state index contributed by atoms with van der Waals surface area (Å²) in [5.74, 6) is -1.09. The molecule has 0 aliphatic carbocycles. The van der Waals surface area contributed by atoms with Gasteiger partial charge in [0.25, 0.3) is 5.91 Å². The highest BCUT2D eigenvalue weighted by Crippen LogP contribution is 2.21. The maximum atomic E-state index is 13.0. The average Bonchev–Trinajstić information content (AvgIpc) is 2.86. The summed E-state index contributed by atoms with van der Waals surface area (Å²) in [7, 11) is 0. The Morgan fingerprint density at radius 3 is 2.00 bits per heavy atom. The summed E-state index contributed by atoms with van der Waals surface area (Å²) >= 11 is 0. The molecule has 4 aromatic carbocycles. The number of rotatable bonds is 7. The molecule has 0 spiro atoms. The molecule has 0 unspecified atom stereocenters. The van der Waals surface area contributed by atoms with Crippen LogP contribution in [0.3, 0.4) is 0 Å². The number of carbonyl (C=O) groups excluding carboxylic acids is 2. The lowest BCUT2D eigenvalue weighted by Crippen LogP contribution is -2.17. The van der Waals surface area contributed by atoms with Crippen molar-refractivity contribution in [2.45, 2.75) is 0 Å². The Balaban J connectivity index is 1.40. The van der Waals surface area contributed by atoms with Crippen molar-refractivity contribution in [3.8, 4) is 0 Å². The van der Waals surface area contributed by atoms with Crippen molar-refractivity contribution in [3.63, 3.8) is 0 Å². The maximum absolute atomic E-state index is 13.0. The fourth-order valence-corrected chi connectivity index (χ4v) is 3.23. The molecule has 0 aliphatic rings. The van der Waals surface area contributed by atoms with E-state index in [1.807, 2.05) is 42.5 Å². The van der Waals surface area contributed by atoms with Gasteiger partial charge >= 0.3 is 0 Å². The van der Waals surface area contributed by atoms with E-state index in [-0.39, 0.29) is 11.7 Å². The van der Waals surface area contributed by atoms with Crippen LogP contribution >= 0.6 is 0 Å². The normalized spacial score (nSPS) is 10.6.